The van der Waals surface area contributed by atoms with Crippen LogP contribution >= 0.6 is 0 Å². The van der Waals surface area contributed by atoms with E-state index in [0.29, 0.717) is 12.5 Å². The van der Waals surface area contributed by atoms with Crippen molar-refractivity contribution in [3.63, 3.8) is 0 Å². The summed E-state index contributed by atoms with van der Waals surface area (Å²) >= 11 is 0. The summed E-state index contributed by atoms with van der Waals surface area (Å²) in [6.07, 6.45) is 5.91. The Bertz CT molecular complexity index is 1420. The van der Waals surface area contributed by atoms with Gasteiger partial charge in [0.2, 0.25) is 5.95 Å². The minimum atomic E-state index is -0.161. The summed E-state index contributed by atoms with van der Waals surface area (Å²) in [7, 11) is 4.09. The fraction of sp³-hybridized carbons (Fsp3) is 0.419. The van der Waals surface area contributed by atoms with Gasteiger partial charge >= 0.3 is 0 Å². The van der Waals surface area contributed by atoms with Crippen LogP contribution in [0.5, 0.6) is 0 Å². The Morgan fingerprint density at radius 3 is 2.62 bits per heavy atom. The highest BCUT2D eigenvalue weighted by atomic mass is 16.1. The molecule has 3 aromatic rings. The minimum absolute atomic E-state index is 0.0168. The normalized spacial score (nSPS) is 18.2. The molecule has 2 aliphatic heterocycles. The van der Waals surface area contributed by atoms with E-state index < -0.39 is 0 Å². The maximum Gasteiger partial charge on any atom is 0.251 e. The lowest BCUT2D eigenvalue weighted by molar-refractivity contribution is 0.0930. The van der Waals surface area contributed by atoms with Crippen molar-refractivity contribution in [2.45, 2.75) is 39.2 Å². The molecule has 3 N–H and O–H groups in total. The zero-order valence-electron chi connectivity index (χ0n) is 24.4. The highest BCUT2D eigenvalue weighted by Crippen LogP contribution is 2.34. The lowest BCUT2D eigenvalue weighted by Gasteiger charge is -2.33. The van der Waals surface area contributed by atoms with Crippen molar-refractivity contribution in [1.29, 1.82) is 0 Å². The molecular weight excluding hydrogens is 500 g/mol. The average molecular weight is 541 g/mol. The van der Waals surface area contributed by atoms with E-state index in [1.165, 1.54) is 0 Å². The number of fused-ring (bicyclic) bond motifs is 1. The third-order valence-electron chi connectivity index (χ3n) is 7.97. The highest BCUT2D eigenvalue weighted by Gasteiger charge is 2.32. The van der Waals surface area contributed by atoms with E-state index in [1.54, 1.807) is 0 Å². The third kappa shape index (κ3) is 5.85. The van der Waals surface area contributed by atoms with Gasteiger partial charge in [-0.05, 0) is 62.8 Å². The van der Waals surface area contributed by atoms with Crippen LogP contribution in [-0.4, -0.2) is 78.6 Å². The number of benzene rings is 1. The molecule has 0 bridgehead atoms. The number of rotatable bonds is 7. The quantitative estimate of drug-likeness (QED) is 0.417. The zero-order valence-corrected chi connectivity index (χ0v) is 24.4. The van der Waals surface area contributed by atoms with Crippen molar-refractivity contribution in [1.82, 2.24) is 30.5 Å². The van der Waals surface area contributed by atoms with Crippen LogP contribution in [0.3, 0.4) is 0 Å². The van der Waals surface area contributed by atoms with E-state index in [1.807, 2.05) is 44.6 Å². The number of anilines is 3. The van der Waals surface area contributed by atoms with E-state index >= 15 is 0 Å². The van der Waals surface area contributed by atoms with Gasteiger partial charge in [0.25, 0.3) is 5.91 Å². The van der Waals surface area contributed by atoms with Gasteiger partial charge in [-0.1, -0.05) is 26.0 Å². The van der Waals surface area contributed by atoms with Gasteiger partial charge in [-0.2, -0.15) is 0 Å². The Labute approximate surface area is 237 Å². The molecule has 0 aliphatic carbocycles. The van der Waals surface area contributed by atoms with Crippen LogP contribution < -0.4 is 20.9 Å². The summed E-state index contributed by atoms with van der Waals surface area (Å²) in [5, 5.41) is 9.69. The second-order valence-corrected chi connectivity index (χ2v) is 11.5. The van der Waals surface area contributed by atoms with Crippen molar-refractivity contribution < 1.29 is 4.79 Å². The van der Waals surface area contributed by atoms with E-state index in [0.717, 1.165) is 71.2 Å². The fourth-order valence-electron chi connectivity index (χ4n) is 5.26. The largest absolute Gasteiger partial charge is 0.354 e. The first-order chi connectivity index (χ1) is 19.1. The molecule has 1 amide bonds. The molecule has 40 heavy (non-hydrogen) atoms. The van der Waals surface area contributed by atoms with Crippen LogP contribution in [0.25, 0.3) is 5.57 Å². The summed E-state index contributed by atoms with van der Waals surface area (Å²) in [6.45, 7) is 13.0. The number of aryl methyl sites for hydroxylation is 1. The number of aromatic nitrogens is 3. The number of pyridine rings is 1. The van der Waals surface area contributed by atoms with E-state index in [-0.39, 0.29) is 17.4 Å². The fourth-order valence-corrected chi connectivity index (χ4v) is 5.26. The topological polar surface area (TPSA) is 98.3 Å². The molecule has 1 atom stereocenters. The van der Waals surface area contributed by atoms with Crippen molar-refractivity contribution in [3.05, 3.63) is 76.7 Å². The monoisotopic (exact) mass is 540 g/mol. The number of amides is 1. The smallest absolute Gasteiger partial charge is 0.251 e. The zero-order chi connectivity index (χ0) is 28.4. The minimum Gasteiger partial charge on any atom is -0.354 e. The van der Waals surface area contributed by atoms with E-state index in [4.69, 9.17) is 9.97 Å². The molecule has 0 saturated carbocycles. The Morgan fingerprint density at radius 1 is 1.12 bits per heavy atom. The molecular formula is C31H40N8O. The van der Waals surface area contributed by atoms with Gasteiger partial charge in [-0.3, -0.25) is 4.79 Å². The summed E-state index contributed by atoms with van der Waals surface area (Å²) in [5.41, 5.74) is 6.45. The molecule has 4 heterocycles. The molecule has 0 spiro atoms. The Kier molecular flexibility index (Phi) is 7.87. The lowest BCUT2D eigenvalue weighted by Crippen LogP contribution is -2.44. The Morgan fingerprint density at radius 2 is 1.90 bits per heavy atom. The highest BCUT2D eigenvalue weighted by molar-refractivity contribution is 5.98. The molecule has 1 fully saturated rings. The van der Waals surface area contributed by atoms with Gasteiger partial charge in [0.15, 0.2) is 0 Å². The van der Waals surface area contributed by atoms with E-state index in [2.05, 4.69) is 76.8 Å². The van der Waals surface area contributed by atoms with Crippen molar-refractivity contribution in [2.24, 2.45) is 0 Å². The number of nitrogens with zero attached hydrogens (tertiary/aromatic N) is 5. The number of nitrogens with one attached hydrogen (secondary N) is 3. The van der Waals surface area contributed by atoms with Crippen LogP contribution in [0.1, 0.15) is 53.5 Å². The molecule has 0 radical (unpaired) electrons. The number of likely N-dealkylation sites (N-methyl/N-ethyl adjacent to an activating group) is 2. The molecule has 1 aromatic carbocycles. The number of hydrogen-bond donors (Lipinski definition) is 3. The second kappa shape index (κ2) is 11.3. The summed E-state index contributed by atoms with van der Waals surface area (Å²) in [4.78, 5) is 31.3. The number of hydrogen-bond acceptors (Lipinski definition) is 8. The lowest BCUT2D eigenvalue weighted by atomic mass is 9.77. The number of carbonyl (C=O) groups is 1. The van der Waals surface area contributed by atoms with Crippen molar-refractivity contribution in [2.75, 3.05) is 57.0 Å². The van der Waals surface area contributed by atoms with Crippen LogP contribution in [0.15, 0.2) is 48.8 Å². The average Bonchev–Trinajstić information content (AvgIpc) is 2.94. The second-order valence-electron chi connectivity index (χ2n) is 11.5. The number of carbonyl (C=O) groups excluding carboxylic acids is 1. The van der Waals surface area contributed by atoms with Gasteiger partial charge in [-0.25, -0.2) is 15.0 Å². The van der Waals surface area contributed by atoms with Crippen LogP contribution in [0.4, 0.5) is 17.5 Å². The summed E-state index contributed by atoms with van der Waals surface area (Å²) in [5.74, 6) is 1.49. The first-order valence-electron chi connectivity index (χ1n) is 14.0. The van der Waals surface area contributed by atoms with Crippen molar-refractivity contribution >= 4 is 28.9 Å². The summed E-state index contributed by atoms with van der Waals surface area (Å²) in [6, 6.07) is 10.2. The van der Waals surface area contributed by atoms with Gasteiger partial charge in [0.05, 0.1) is 5.69 Å². The van der Waals surface area contributed by atoms with Gasteiger partial charge in [0, 0.05) is 79.5 Å². The third-order valence-corrected chi connectivity index (χ3v) is 7.97. The number of piperazine rings is 1. The molecule has 9 heteroatoms. The first kappa shape index (κ1) is 27.7. The molecule has 2 aliphatic rings. The molecule has 0 unspecified atom stereocenters. The Hall–Kier alpha value is -3.82. The van der Waals surface area contributed by atoms with Crippen LogP contribution in [-0.2, 0) is 5.41 Å². The molecule has 1 saturated heterocycles. The maximum atomic E-state index is 12.5. The molecule has 5 rings (SSSR count). The van der Waals surface area contributed by atoms with Crippen LogP contribution in [0.2, 0.25) is 0 Å². The Balaban J connectivity index is 1.44. The summed E-state index contributed by atoms with van der Waals surface area (Å²) < 4.78 is 0. The van der Waals surface area contributed by atoms with Crippen molar-refractivity contribution in [3.8, 4) is 0 Å². The molecule has 9 nitrogen and oxygen atoms in total. The first-order valence-corrected chi connectivity index (χ1v) is 14.0. The van der Waals surface area contributed by atoms with Gasteiger partial charge in [-0.15, -0.1) is 0 Å². The predicted molar refractivity (Wildman–Crippen MR) is 161 cm³/mol. The van der Waals surface area contributed by atoms with Gasteiger partial charge < -0.3 is 25.8 Å². The predicted octanol–water partition coefficient (Wildman–Crippen LogP) is 3.74. The standard InChI is InChI=1S/C31H40N8O/c1-20(32-5)15-25(22-7-8-24-27(16-22)31(3,4)19-35-29(24)40)26-18-34-30(36-21(26)2)37-23-9-10-33-28(17-23)39-13-11-38(6)12-14-39/h7-10,15-18,20,32H,11-14,19H2,1-6H3,(H,35,40)(H,33,34,36,37)/b25-15-/t20-/m1/s1. The maximum absolute atomic E-state index is 12.5. The van der Waals surface area contributed by atoms with E-state index in [9.17, 15) is 4.79 Å². The SMILES string of the molecule is CN[C@H](C)/C=C(/c1ccc2c(c1)C(C)(C)CNC2=O)c1cnc(Nc2ccnc(N3CCN(C)CC3)c2)nc1C. The van der Waals surface area contributed by atoms with Gasteiger partial charge in [0.1, 0.15) is 5.82 Å². The van der Waals surface area contributed by atoms with Crippen LogP contribution in [0, 0.1) is 6.92 Å². The molecule has 2 aromatic heterocycles. The molecule has 210 valence electrons.